The summed E-state index contributed by atoms with van der Waals surface area (Å²) in [6.07, 6.45) is 2.26. The molecule has 8 nitrogen and oxygen atoms in total. The van der Waals surface area contributed by atoms with Crippen molar-refractivity contribution in [2.45, 2.75) is 38.8 Å². The van der Waals surface area contributed by atoms with Crippen molar-refractivity contribution < 1.29 is 14.1 Å². The van der Waals surface area contributed by atoms with E-state index in [-0.39, 0.29) is 18.4 Å². The number of carbonyl (C=O) groups is 2. The molecule has 0 saturated heterocycles. The zero-order valence-corrected chi connectivity index (χ0v) is 15.0. The monoisotopic (exact) mass is 357 g/mol. The Morgan fingerprint density at radius 1 is 1.27 bits per heavy atom. The van der Waals surface area contributed by atoms with Crippen LogP contribution < -0.4 is 10.6 Å². The lowest BCUT2D eigenvalue weighted by Gasteiger charge is -2.14. The Morgan fingerprint density at radius 3 is 2.65 bits per heavy atom. The van der Waals surface area contributed by atoms with Gasteiger partial charge in [-0.25, -0.2) is 0 Å². The standard InChI is InChI=1S/C18H23N5O3/c1-12(24)20-15-7-3-13(4-8-15)9-19-16(25)10-23(2)11-17-21-18(22-26-17)14-5-6-14/h3-4,7-8,14H,5-6,9-11H2,1-2H3,(H,19,25)(H,20,24). The van der Waals surface area contributed by atoms with Gasteiger partial charge in [0.2, 0.25) is 17.7 Å². The molecule has 2 aromatic rings. The van der Waals surface area contributed by atoms with Crippen LogP contribution in [0.15, 0.2) is 28.8 Å². The number of rotatable bonds is 8. The highest BCUT2D eigenvalue weighted by Gasteiger charge is 2.28. The van der Waals surface area contributed by atoms with E-state index in [1.807, 2.05) is 36.2 Å². The molecular formula is C18H23N5O3. The highest BCUT2D eigenvalue weighted by atomic mass is 16.5. The maximum absolute atomic E-state index is 12.1. The highest BCUT2D eigenvalue weighted by Crippen LogP contribution is 2.38. The first-order chi connectivity index (χ1) is 12.5. The third-order valence-corrected chi connectivity index (χ3v) is 4.01. The topological polar surface area (TPSA) is 100 Å². The number of anilines is 1. The molecule has 0 bridgehead atoms. The van der Waals surface area contributed by atoms with Crippen LogP contribution in [0, 0.1) is 0 Å². The second kappa shape index (κ2) is 8.09. The van der Waals surface area contributed by atoms with Crippen molar-refractivity contribution >= 4 is 17.5 Å². The van der Waals surface area contributed by atoms with Gasteiger partial charge in [0.15, 0.2) is 5.82 Å². The van der Waals surface area contributed by atoms with Gasteiger partial charge in [-0.1, -0.05) is 17.3 Å². The second-order valence-corrected chi connectivity index (χ2v) is 6.65. The SMILES string of the molecule is CC(=O)Nc1ccc(CNC(=O)CN(C)Cc2nc(C3CC3)no2)cc1. The Morgan fingerprint density at radius 2 is 2.00 bits per heavy atom. The van der Waals surface area contributed by atoms with Crippen LogP contribution in [0.3, 0.4) is 0 Å². The molecule has 1 aliphatic rings. The molecule has 0 spiro atoms. The van der Waals surface area contributed by atoms with Crippen LogP contribution in [0.5, 0.6) is 0 Å². The Balaban J connectivity index is 1.40. The van der Waals surface area contributed by atoms with E-state index < -0.39 is 0 Å². The molecule has 1 fully saturated rings. The summed E-state index contributed by atoms with van der Waals surface area (Å²) in [7, 11) is 1.84. The van der Waals surface area contributed by atoms with Gasteiger partial charge in [-0.15, -0.1) is 0 Å². The van der Waals surface area contributed by atoms with Crippen molar-refractivity contribution in [2.75, 3.05) is 18.9 Å². The van der Waals surface area contributed by atoms with E-state index in [1.165, 1.54) is 6.92 Å². The van der Waals surface area contributed by atoms with E-state index >= 15 is 0 Å². The van der Waals surface area contributed by atoms with Crippen LogP contribution in [0.2, 0.25) is 0 Å². The molecule has 0 atom stereocenters. The molecule has 0 aliphatic heterocycles. The number of benzene rings is 1. The first-order valence-electron chi connectivity index (χ1n) is 8.64. The zero-order valence-electron chi connectivity index (χ0n) is 15.0. The summed E-state index contributed by atoms with van der Waals surface area (Å²) >= 11 is 0. The van der Waals surface area contributed by atoms with Gasteiger partial charge in [-0.05, 0) is 37.6 Å². The number of hydrogen-bond donors (Lipinski definition) is 2. The van der Waals surface area contributed by atoms with Crippen LogP contribution in [0.4, 0.5) is 5.69 Å². The van der Waals surface area contributed by atoms with E-state index in [4.69, 9.17) is 4.52 Å². The molecular weight excluding hydrogens is 334 g/mol. The van der Waals surface area contributed by atoms with Crippen molar-refractivity contribution in [3.05, 3.63) is 41.5 Å². The van der Waals surface area contributed by atoms with Crippen LogP contribution >= 0.6 is 0 Å². The average Bonchev–Trinajstić information content (AvgIpc) is 3.34. The first-order valence-corrected chi connectivity index (χ1v) is 8.64. The molecule has 0 radical (unpaired) electrons. The van der Waals surface area contributed by atoms with E-state index in [2.05, 4.69) is 20.8 Å². The number of nitrogens with one attached hydrogen (secondary N) is 2. The fraction of sp³-hybridized carbons (Fsp3) is 0.444. The van der Waals surface area contributed by atoms with Crippen molar-refractivity contribution in [1.82, 2.24) is 20.4 Å². The van der Waals surface area contributed by atoms with Crippen LogP contribution in [0.25, 0.3) is 0 Å². The van der Waals surface area contributed by atoms with E-state index in [1.54, 1.807) is 0 Å². The second-order valence-electron chi connectivity index (χ2n) is 6.65. The molecule has 2 amide bonds. The zero-order chi connectivity index (χ0) is 18.5. The maximum Gasteiger partial charge on any atom is 0.240 e. The highest BCUT2D eigenvalue weighted by molar-refractivity contribution is 5.88. The van der Waals surface area contributed by atoms with E-state index in [9.17, 15) is 9.59 Å². The van der Waals surface area contributed by atoms with Gasteiger partial charge in [-0.3, -0.25) is 14.5 Å². The van der Waals surface area contributed by atoms with E-state index in [0.717, 1.165) is 29.9 Å². The lowest BCUT2D eigenvalue weighted by atomic mass is 10.2. The minimum Gasteiger partial charge on any atom is -0.351 e. The molecule has 1 aromatic heterocycles. The lowest BCUT2D eigenvalue weighted by Crippen LogP contribution is -2.34. The minimum absolute atomic E-state index is 0.0830. The summed E-state index contributed by atoms with van der Waals surface area (Å²) in [4.78, 5) is 29.3. The summed E-state index contributed by atoms with van der Waals surface area (Å²) in [5, 5.41) is 9.55. The molecule has 8 heteroatoms. The summed E-state index contributed by atoms with van der Waals surface area (Å²) < 4.78 is 5.22. The van der Waals surface area contributed by atoms with Crippen molar-refractivity contribution in [3.8, 4) is 0 Å². The molecule has 2 N–H and O–H groups in total. The Kier molecular flexibility index (Phi) is 5.62. The molecule has 1 heterocycles. The van der Waals surface area contributed by atoms with Crippen molar-refractivity contribution in [1.29, 1.82) is 0 Å². The Bertz CT molecular complexity index is 767. The van der Waals surface area contributed by atoms with Crippen LogP contribution in [-0.2, 0) is 22.7 Å². The van der Waals surface area contributed by atoms with E-state index in [0.29, 0.717) is 24.9 Å². The number of likely N-dealkylation sites (N-methyl/N-ethyl adjacent to an activating group) is 1. The third kappa shape index (κ3) is 5.38. The van der Waals surface area contributed by atoms with Gasteiger partial charge >= 0.3 is 0 Å². The predicted molar refractivity (Wildman–Crippen MR) is 95.2 cm³/mol. The van der Waals surface area contributed by atoms with Crippen LogP contribution in [0.1, 0.15) is 43.0 Å². The summed E-state index contributed by atoms with van der Waals surface area (Å²) in [6, 6.07) is 7.35. The molecule has 0 unspecified atom stereocenters. The van der Waals surface area contributed by atoms with Gasteiger partial charge in [0, 0.05) is 25.1 Å². The molecule has 1 aliphatic carbocycles. The third-order valence-electron chi connectivity index (χ3n) is 4.01. The molecule has 138 valence electrons. The number of hydrogen-bond acceptors (Lipinski definition) is 6. The molecule has 1 saturated carbocycles. The van der Waals surface area contributed by atoms with Gasteiger partial charge in [0.25, 0.3) is 0 Å². The van der Waals surface area contributed by atoms with Gasteiger partial charge < -0.3 is 15.2 Å². The average molecular weight is 357 g/mol. The summed E-state index contributed by atoms with van der Waals surface area (Å²) in [6.45, 7) is 2.58. The van der Waals surface area contributed by atoms with Gasteiger partial charge in [0.05, 0.1) is 13.1 Å². The van der Waals surface area contributed by atoms with Gasteiger partial charge in [0.1, 0.15) is 0 Å². The van der Waals surface area contributed by atoms with Crippen molar-refractivity contribution in [2.24, 2.45) is 0 Å². The number of nitrogens with zero attached hydrogens (tertiary/aromatic N) is 3. The smallest absolute Gasteiger partial charge is 0.240 e. The molecule has 26 heavy (non-hydrogen) atoms. The summed E-state index contributed by atoms with van der Waals surface area (Å²) in [5.74, 6) is 1.58. The first kappa shape index (κ1) is 18.1. The minimum atomic E-state index is -0.111. The summed E-state index contributed by atoms with van der Waals surface area (Å²) in [5.41, 5.74) is 1.69. The van der Waals surface area contributed by atoms with Crippen molar-refractivity contribution in [3.63, 3.8) is 0 Å². The maximum atomic E-state index is 12.1. The Hall–Kier alpha value is -2.74. The fourth-order valence-corrected chi connectivity index (χ4v) is 2.54. The molecule has 1 aromatic carbocycles. The largest absolute Gasteiger partial charge is 0.351 e. The number of aromatic nitrogens is 2. The predicted octanol–water partition coefficient (Wildman–Crippen LogP) is 1.65. The van der Waals surface area contributed by atoms with Crippen LogP contribution in [-0.4, -0.2) is 40.4 Å². The molecule has 3 rings (SSSR count). The fourth-order valence-electron chi connectivity index (χ4n) is 2.54. The normalized spacial score (nSPS) is 13.7. The lowest BCUT2D eigenvalue weighted by molar-refractivity contribution is -0.122. The van der Waals surface area contributed by atoms with Gasteiger partial charge in [-0.2, -0.15) is 4.98 Å². The quantitative estimate of drug-likeness (QED) is 0.745. The Labute approximate surface area is 151 Å². The number of amides is 2. The number of carbonyl (C=O) groups excluding carboxylic acids is 2.